The van der Waals surface area contributed by atoms with E-state index in [1.54, 1.807) is 13.0 Å². The molecule has 1 N–H and O–H groups in total. The van der Waals surface area contributed by atoms with Gasteiger partial charge in [0.25, 0.3) is 0 Å². The second-order valence-corrected chi connectivity index (χ2v) is 6.47. The zero-order chi connectivity index (χ0) is 15.4. The van der Waals surface area contributed by atoms with Crippen molar-refractivity contribution in [2.45, 2.75) is 51.2 Å². The molecule has 2 atom stereocenters. The van der Waals surface area contributed by atoms with E-state index in [1.165, 1.54) is 0 Å². The molecule has 116 valence electrons. The number of halogens is 2. The smallest absolute Gasteiger partial charge is 0.223 e. The van der Waals surface area contributed by atoms with Crippen molar-refractivity contribution < 1.29 is 9.90 Å². The van der Waals surface area contributed by atoms with Crippen LogP contribution in [0, 0.1) is 0 Å². The van der Waals surface area contributed by atoms with E-state index >= 15 is 0 Å². The molecule has 1 aliphatic rings. The fraction of sp³-hybridized carbons (Fsp3) is 0.562. The molecular formula is C16H21Cl2NO2. The number of likely N-dealkylation sites (tertiary alicyclic amines) is 1. The summed E-state index contributed by atoms with van der Waals surface area (Å²) in [4.78, 5) is 14.3. The average molecular weight is 330 g/mol. The fourth-order valence-corrected chi connectivity index (χ4v) is 3.34. The van der Waals surface area contributed by atoms with Crippen LogP contribution in [-0.2, 0) is 11.2 Å². The predicted molar refractivity (Wildman–Crippen MR) is 85.8 cm³/mol. The van der Waals surface area contributed by atoms with Crippen molar-refractivity contribution in [3.63, 3.8) is 0 Å². The maximum absolute atomic E-state index is 12.4. The lowest BCUT2D eigenvalue weighted by atomic mass is 10.1. The molecule has 1 aromatic rings. The molecule has 0 saturated carbocycles. The molecule has 5 heteroatoms. The van der Waals surface area contributed by atoms with Crippen LogP contribution in [0.25, 0.3) is 0 Å². The van der Waals surface area contributed by atoms with Crippen LogP contribution < -0.4 is 0 Å². The maximum Gasteiger partial charge on any atom is 0.223 e. The summed E-state index contributed by atoms with van der Waals surface area (Å²) in [6, 6.07) is 5.67. The second-order valence-electron chi connectivity index (χ2n) is 5.68. The van der Waals surface area contributed by atoms with Crippen LogP contribution in [0.15, 0.2) is 18.2 Å². The lowest BCUT2D eigenvalue weighted by Gasteiger charge is -2.26. The Hall–Kier alpha value is -0.770. The van der Waals surface area contributed by atoms with Crippen LogP contribution >= 0.6 is 23.2 Å². The van der Waals surface area contributed by atoms with Gasteiger partial charge in [-0.25, -0.2) is 0 Å². The molecule has 1 heterocycles. The third-order valence-electron chi connectivity index (χ3n) is 3.95. The van der Waals surface area contributed by atoms with Gasteiger partial charge in [0.1, 0.15) is 0 Å². The Morgan fingerprint density at radius 3 is 2.95 bits per heavy atom. The molecule has 0 aromatic heterocycles. The van der Waals surface area contributed by atoms with Crippen molar-refractivity contribution >= 4 is 29.1 Å². The molecule has 1 aromatic carbocycles. The van der Waals surface area contributed by atoms with Crippen LogP contribution in [-0.4, -0.2) is 34.6 Å². The topological polar surface area (TPSA) is 40.5 Å². The second kappa shape index (κ2) is 7.48. The van der Waals surface area contributed by atoms with Crippen LogP contribution in [0.1, 0.15) is 38.2 Å². The van der Waals surface area contributed by atoms with Crippen molar-refractivity contribution in [2.75, 3.05) is 6.54 Å². The van der Waals surface area contributed by atoms with E-state index in [0.29, 0.717) is 29.3 Å². The highest BCUT2D eigenvalue weighted by atomic mass is 35.5. The number of hydrogen-bond donors (Lipinski definition) is 1. The predicted octanol–water partition coefficient (Wildman–Crippen LogP) is 3.69. The third-order valence-corrected chi connectivity index (χ3v) is 4.81. The van der Waals surface area contributed by atoms with Gasteiger partial charge in [0.2, 0.25) is 5.91 Å². The molecule has 0 bridgehead atoms. The number of rotatable bonds is 5. The number of aryl methyl sites for hydroxylation is 1. The van der Waals surface area contributed by atoms with Gasteiger partial charge >= 0.3 is 0 Å². The van der Waals surface area contributed by atoms with Gasteiger partial charge < -0.3 is 10.0 Å². The maximum atomic E-state index is 12.4. The first-order chi connectivity index (χ1) is 9.99. The molecular weight excluding hydrogens is 309 g/mol. The highest BCUT2D eigenvalue weighted by Gasteiger charge is 2.29. The van der Waals surface area contributed by atoms with E-state index in [4.69, 9.17) is 23.2 Å². The van der Waals surface area contributed by atoms with Gasteiger partial charge in [-0.3, -0.25) is 4.79 Å². The van der Waals surface area contributed by atoms with Crippen molar-refractivity contribution in [1.29, 1.82) is 0 Å². The summed E-state index contributed by atoms with van der Waals surface area (Å²) in [5.74, 6) is 0.134. The van der Waals surface area contributed by atoms with E-state index in [0.717, 1.165) is 24.9 Å². The Bertz CT molecular complexity index is 505. The van der Waals surface area contributed by atoms with E-state index in [9.17, 15) is 9.90 Å². The zero-order valence-corrected chi connectivity index (χ0v) is 13.7. The largest absolute Gasteiger partial charge is 0.393 e. The molecule has 1 fully saturated rings. The van der Waals surface area contributed by atoms with E-state index in [2.05, 4.69) is 0 Å². The number of benzene rings is 1. The standard InChI is InChI=1S/C16H21Cl2NO2/c1-11(20)10-13-5-3-9-19(13)15(21)8-7-12-4-2-6-14(17)16(12)18/h2,4,6,11,13,20H,3,5,7-10H2,1H3. The van der Waals surface area contributed by atoms with Gasteiger partial charge in [-0.15, -0.1) is 0 Å². The number of aliphatic hydroxyl groups is 1. The monoisotopic (exact) mass is 329 g/mol. The Kier molecular flexibility index (Phi) is 5.91. The average Bonchev–Trinajstić information content (AvgIpc) is 2.87. The lowest BCUT2D eigenvalue weighted by molar-refractivity contribution is -0.132. The molecule has 3 nitrogen and oxygen atoms in total. The van der Waals surface area contributed by atoms with Gasteiger partial charge in [0.15, 0.2) is 0 Å². The summed E-state index contributed by atoms with van der Waals surface area (Å²) in [5.41, 5.74) is 0.906. The Labute approximate surface area is 135 Å². The molecule has 1 saturated heterocycles. The van der Waals surface area contributed by atoms with Crippen molar-refractivity contribution in [2.24, 2.45) is 0 Å². The van der Waals surface area contributed by atoms with Crippen molar-refractivity contribution in [1.82, 2.24) is 4.90 Å². The molecule has 2 rings (SSSR count). The molecule has 0 radical (unpaired) electrons. The highest BCUT2D eigenvalue weighted by Crippen LogP contribution is 2.27. The van der Waals surface area contributed by atoms with Crippen molar-refractivity contribution in [3.8, 4) is 0 Å². The first-order valence-electron chi connectivity index (χ1n) is 7.39. The highest BCUT2D eigenvalue weighted by molar-refractivity contribution is 6.42. The Balaban J connectivity index is 1.93. The number of carbonyl (C=O) groups excluding carboxylic acids is 1. The zero-order valence-electron chi connectivity index (χ0n) is 12.2. The normalized spacial score (nSPS) is 19.8. The first kappa shape index (κ1) is 16.6. The molecule has 1 amide bonds. The van der Waals surface area contributed by atoms with E-state index < -0.39 is 0 Å². The lowest BCUT2D eigenvalue weighted by Crippen LogP contribution is -2.37. The fourth-order valence-electron chi connectivity index (χ4n) is 2.93. The number of nitrogens with zero attached hydrogens (tertiary/aromatic N) is 1. The minimum Gasteiger partial charge on any atom is -0.393 e. The number of hydrogen-bond acceptors (Lipinski definition) is 2. The van der Waals surface area contributed by atoms with Gasteiger partial charge in [-0.05, 0) is 44.2 Å². The summed E-state index contributed by atoms with van der Waals surface area (Å²) >= 11 is 12.1. The summed E-state index contributed by atoms with van der Waals surface area (Å²) in [7, 11) is 0. The molecule has 2 unspecified atom stereocenters. The summed E-state index contributed by atoms with van der Waals surface area (Å²) < 4.78 is 0. The SMILES string of the molecule is CC(O)CC1CCCN1C(=O)CCc1cccc(Cl)c1Cl. The quantitative estimate of drug-likeness (QED) is 0.894. The summed E-state index contributed by atoms with van der Waals surface area (Å²) in [6.45, 7) is 2.56. The Morgan fingerprint density at radius 2 is 2.24 bits per heavy atom. The van der Waals surface area contributed by atoms with Gasteiger partial charge in [-0.2, -0.15) is 0 Å². The number of carbonyl (C=O) groups is 1. The van der Waals surface area contributed by atoms with Crippen LogP contribution in [0.3, 0.4) is 0 Å². The Morgan fingerprint density at radius 1 is 1.48 bits per heavy atom. The van der Waals surface area contributed by atoms with Crippen LogP contribution in [0.2, 0.25) is 10.0 Å². The summed E-state index contributed by atoms with van der Waals surface area (Å²) in [6.07, 6.45) is 3.30. The minimum atomic E-state index is -0.370. The molecule has 1 aliphatic heterocycles. The minimum absolute atomic E-state index is 0.134. The first-order valence-corrected chi connectivity index (χ1v) is 8.15. The van der Waals surface area contributed by atoms with E-state index in [1.807, 2.05) is 17.0 Å². The van der Waals surface area contributed by atoms with E-state index in [-0.39, 0.29) is 18.1 Å². The van der Waals surface area contributed by atoms with Gasteiger partial charge in [-0.1, -0.05) is 35.3 Å². The molecule has 21 heavy (non-hydrogen) atoms. The summed E-state index contributed by atoms with van der Waals surface area (Å²) in [5, 5.41) is 10.6. The van der Waals surface area contributed by atoms with Crippen molar-refractivity contribution in [3.05, 3.63) is 33.8 Å². The van der Waals surface area contributed by atoms with Gasteiger partial charge in [0.05, 0.1) is 16.1 Å². The van der Waals surface area contributed by atoms with Crippen LogP contribution in [0.5, 0.6) is 0 Å². The molecule has 0 aliphatic carbocycles. The molecule has 0 spiro atoms. The third kappa shape index (κ3) is 4.35. The number of amides is 1. The van der Waals surface area contributed by atoms with Gasteiger partial charge in [0, 0.05) is 19.0 Å². The van der Waals surface area contributed by atoms with Crippen LogP contribution in [0.4, 0.5) is 0 Å². The number of aliphatic hydroxyl groups excluding tert-OH is 1.